The monoisotopic (exact) mass is 509 g/mol. The van der Waals surface area contributed by atoms with Crippen LogP contribution in [0.3, 0.4) is 0 Å². The van der Waals surface area contributed by atoms with E-state index >= 15 is 0 Å². The number of carbonyl (C=O) groups excluding carboxylic acids is 3. The fourth-order valence-electron chi connectivity index (χ4n) is 3.26. The van der Waals surface area contributed by atoms with Gasteiger partial charge >= 0.3 is 18.1 Å². The number of fused-ring (bicyclic) bond motifs is 1. The van der Waals surface area contributed by atoms with E-state index in [0.29, 0.717) is 0 Å². The molecule has 0 aliphatic carbocycles. The fraction of sp³-hybridized carbons (Fsp3) is 0.250. The molecule has 0 aliphatic heterocycles. The largest absolute Gasteiger partial charge is 0.493 e. The minimum absolute atomic E-state index is 0.0457. The number of benzene rings is 2. The number of ketones is 1. The van der Waals surface area contributed by atoms with Crippen LogP contribution in [0.1, 0.15) is 40.3 Å². The molecular formula is C24H19F4NO7. The summed E-state index contributed by atoms with van der Waals surface area (Å²) in [4.78, 5) is 40.8. The SMILES string of the molecule is COc1cc2c(C(=O)OC(=O)C(F)(F)F)cnc(C(=O)c3cc(OC(C)C)ccc3F)c2cc1OC. The van der Waals surface area contributed by atoms with Crippen molar-refractivity contribution in [1.82, 2.24) is 4.98 Å². The predicted octanol–water partition coefficient (Wildman–Crippen LogP) is 4.66. The second kappa shape index (κ2) is 10.2. The first kappa shape index (κ1) is 26.4. The number of hydrogen-bond donors (Lipinski definition) is 0. The number of pyridine rings is 1. The van der Waals surface area contributed by atoms with Crippen LogP contribution in [0.4, 0.5) is 17.6 Å². The number of esters is 2. The van der Waals surface area contributed by atoms with Gasteiger partial charge < -0.3 is 18.9 Å². The highest BCUT2D eigenvalue weighted by Crippen LogP contribution is 2.36. The van der Waals surface area contributed by atoms with Crippen LogP contribution >= 0.6 is 0 Å². The molecule has 0 atom stereocenters. The molecule has 36 heavy (non-hydrogen) atoms. The molecule has 0 aliphatic rings. The Morgan fingerprint density at radius 2 is 1.53 bits per heavy atom. The van der Waals surface area contributed by atoms with Crippen LogP contribution in [0.15, 0.2) is 36.5 Å². The molecule has 0 radical (unpaired) electrons. The number of alkyl halides is 3. The Morgan fingerprint density at radius 1 is 0.917 bits per heavy atom. The fourth-order valence-corrected chi connectivity index (χ4v) is 3.26. The van der Waals surface area contributed by atoms with Crippen molar-refractivity contribution in [3.05, 3.63) is 59.2 Å². The van der Waals surface area contributed by atoms with Crippen molar-refractivity contribution in [3.63, 3.8) is 0 Å². The summed E-state index contributed by atoms with van der Waals surface area (Å²) in [6.45, 7) is 3.47. The average Bonchev–Trinajstić information content (AvgIpc) is 2.82. The van der Waals surface area contributed by atoms with Gasteiger partial charge in [0.2, 0.25) is 5.78 Å². The van der Waals surface area contributed by atoms with E-state index in [2.05, 4.69) is 9.72 Å². The van der Waals surface area contributed by atoms with Gasteiger partial charge in [-0.05, 0) is 44.2 Å². The van der Waals surface area contributed by atoms with Crippen molar-refractivity contribution in [2.75, 3.05) is 14.2 Å². The number of nitrogens with zero attached hydrogens (tertiary/aromatic N) is 1. The Morgan fingerprint density at radius 3 is 2.08 bits per heavy atom. The Hall–Kier alpha value is -4.22. The topological polar surface area (TPSA) is 101 Å². The zero-order chi connectivity index (χ0) is 26.8. The molecule has 0 saturated carbocycles. The molecule has 3 aromatic rings. The number of carbonyl (C=O) groups is 3. The average molecular weight is 509 g/mol. The van der Waals surface area contributed by atoms with Gasteiger partial charge in [0.25, 0.3) is 0 Å². The van der Waals surface area contributed by atoms with Gasteiger partial charge in [0.1, 0.15) is 17.3 Å². The van der Waals surface area contributed by atoms with Crippen molar-refractivity contribution in [3.8, 4) is 17.2 Å². The summed E-state index contributed by atoms with van der Waals surface area (Å²) in [5.41, 5.74) is -1.33. The number of methoxy groups -OCH3 is 2. The standard InChI is InChI=1S/C24H19F4NO7/c1-11(2)35-12-5-6-17(25)15(7-12)21(30)20-14-9-19(34-4)18(33-3)8-13(14)16(10-29-20)22(31)36-23(32)24(26,27)28/h5-11H,1-4H3. The number of ether oxygens (including phenoxy) is 4. The van der Waals surface area contributed by atoms with E-state index in [1.54, 1.807) is 13.8 Å². The lowest BCUT2D eigenvalue weighted by Crippen LogP contribution is -2.28. The number of rotatable bonds is 7. The van der Waals surface area contributed by atoms with Gasteiger partial charge in [-0.1, -0.05) is 0 Å². The minimum atomic E-state index is -5.42. The molecule has 0 unspecified atom stereocenters. The van der Waals surface area contributed by atoms with Gasteiger partial charge in [0.15, 0.2) is 11.5 Å². The lowest BCUT2D eigenvalue weighted by molar-refractivity contribution is -0.193. The van der Waals surface area contributed by atoms with E-state index < -0.39 is 40.8 Å². The highest BCUT2D eigenvalue weighted by atomic mass is 19.4. The quantitative estimate of drug-likeness (QED) is 0.196. The van der Waals surface area contributed by atoms with Crippen LogP contribution in [-0.2, 0) is 9.53 Å². The number of aromatic nitrogens is 1. The van der Waals surface area contributed by atoms with Crippen LogP contribution in [-0.4, -0.2) is 49.2 Å². The van der Waals surface area contributed by atoms with Gasteiger partial charge in [-0.25, -0.2) is 14.0 Å². The maximum absolute atomic E-state index is 14.6. The second-order valence-corrected chi connectivity index (χ2v) is 7.59. The van der Waals surface area contributed by atoms with Crippen molar-refractivity contribution in [2.24, 2.45) is 0 Å². The minimum Gasteiger partial charge on any atom is -0.493 e. The first-order valence-electron chi connectivity index (χ1n) is 10.3. The van der Waals surface area contributed by atoms with Gasteiger partial charge in [-0.2, -0.15) is 13.2 Å². The third-order valence-corrected chi connectivity index (χ3v) is 4.80. The Bertz CT molecular complexity index is 1350. The molecule has 1 heterocycles. The Balaban J connectivity index is 2.21. The Labute approximate surface area is 201 Å². The molecule has 8 nitrogen and oxygen atoms in total. The Kier molecular flexibility index (Phi) is 7.46. The second-order valence-electron chi connectivity index (χ2n) is 7.59. The van der Waals surface area contributed by atoms with Crippen LogP contribution in [0.25, 0.3) is 10.8 Å². The third-order valence-electron chi connectivity index (χ3n) is 4.80. The molecule has 3 rings (SSSR count). The van der Waals surface area contributed by atoms with E-state index in [4.69, 9.17) is 14.2 Å². The van der Waals surface area contributed by atoms with Crippen molar-refractivity contribution < 1.29 is 50.9 Å². The van der Waals surface area contributed by atoms with Crippen LogP contribution in [0.5, 0.6) is 17.2 Å². The number of halogens is 4. The summed E-state index contributed by atoms with van der Waals surface area (Å²) < 4.78 is 72.2. The van der Waals surface area contributed by atoms with E-state index in [1.807, 2.05) is 0 Å². The van der Waals surface area contributed by atoms with Crippen LogP contribution in [0.2, 0.25) is 0 Å². The van der Waals surface area contributed by atoms with Crippen LogP contribution in [0, 0.1) is 5.82 Å². The summed E-state index contributed by atoms with van der Waals surface area (Å²) in [6, 6.07) is 5.97. The maximum Gasteiger partial charge on any atom is 0.491 e. The number of hydrogen-bond acceptors (Lipinski definition) is 8. The lowest BCUT2D eigenvalue weighted by atomic mass is 9.98. The molecule has 0 N–H and O–H groups in total. The first-order chi connectivity index (χ1) is 16.9. The lowest BCUT2D eigenvalue weighted by Gasteiger charge is -2.15. The molecular weight excluding hydrogens is 490 g/mol. The van der Waals surface area contributed by atoms with Gasteiger partial charge in [-0.3, -0.25) is 9.78 Å². The van der Waals surface area contributed by atoms with E-state index in [1.165, 1.54) is 38.5 Å². The summed E-state index contributed by atoms with van der Waals surface area (Å²) in [6.07, 6.45) is -4.94. The first-order valence-corrected chi connectivity index (χ1v) is 10.3. The predicted molar refractivity (Wildman–Crippen MR) is 117 cm³/mol. The van der Waals surface area contributed by atoms with E-state index in [-0.39, 0.29) is 39.8 Å². The van der Waals surface area contributed by atoms with Gasteiger partial charge in [0, 0.05) is 17.0 Å². The summed E-state index contributed by atoms with van der Waals surface area (Å²) in [7, 11) is 2.54. The van der Waals surface area contributed by atoms with Crippen molar-refractivity contribution in [1.29, 1.82) is 0 Å². The molecule has 1 aromatic heterocycles. The highest BCUT2D eigenvalue weighted by molar-refractivity contribution is 6.18. The van der Waals surface area contributed by atoms with Crippen LogP contribution < -0.4 is 14.2 Å². The molecule has 2 aromatic carbocycles. The normalized spacial score (nSPS) is 11.4. The summed E-state index contributed by atoms with van der Waals surface area (Å²) >= 11 is 0. The van der Waals surface area contributed by atoms with E-state index in [9.17, 15) is 31.9 Å². The molecule has 190 valence electrons. The molecule has 0 bridgehead atoms. The smallest absolute Gasteiger partial charge is 0.491 e. The molecule has 0 saturated heterocycles. The molecule has 0 amide bonds. The zero-order valence-corrected chi connectivity index (χ0v) is 19.4. The summed E-state index contributed by atoms with van der Waals surface area (Å²) in [5, 5.41) is -0.248. The van der Waals surface area contributed by atoms with Crippen molar-refractivity contribution >= 4 is 28.5 Å². The highest BCUT2D eigenvalue weighted by Gasteiger charge is 2.43. The van der Waals surface area contributed by atoms with Gasteiger partial charge in [-0.15, -0.1) is 0 Å². The summed E-state index contributed by atoms with van der Waals surface area (Å²) in [5.74, 6) is -5.86. The molecule has 0 fully saturated rings. The van der Waals surface area contributed by atoms with E-state index in [0.717, 1.165) is 12.3 Å². The molecule has 12 heteroatoms. The maximum atomic E-state index is 14.6. The third kappa shape index (κ3) is 5.37. The zero-order valence-electron chi connectivity index (χ0n) is 19.4. The molecule has 0 spiro atoms. The van der Waals surface area contributed by atoms with Crippen molar-refractivity contribution in [2.45, 2.75) is 26.1 Å². The van der Waals surface area contributed by atoms with Gasteiger partial charge in [0.05, 0.1) is 31.5 Å².